The molecule has 0 aliphatic rings. The summed E-state index contributed by atoms with van der Waals surface area (Å²) in [7, 11) is -0.955. The number of sulfonamides is 1. The highest BCUT2D eigenvalue weighted by Gasteiger charge is 2.19. The molecule has 9 heteroatoms. The van der Waals surface area contributed by atoms with E-state index in [1.807, 2.05) is 0 Å². The highest BCUT2D eigenvalue weighted by atomic mass is 32.2. The molecule has 0 saturated carbocycles. The van der Waals surface area contributed by atoms with Crippen LogP contribution < -0.4 is 5.32 Å². The van der Waals surface area contributed by atoms with Crippen molar-refractivity contribution >= 4 is 27.6 Å². The predicted molar refractivity (Wildman–Crippen MR) is 97.4 cm³/mol. The van der Waals surface area contributed by atoms with Crippen LogP contribution in [0, 0.1) is 12.7 Å². The molecule has 1 N–H and O–H groups in total. The standard InChI is InChI=1S/C18H19FN2O5S/c1-12-7-8-14(10-16(12)19)20-17(22)11-26-18(23)13-5-4-6-15(9-13)27(24,25)21(2)3/h4-10H,11H2,1-3H3,(H,20,22). The number of carbonyl (C=O) groups excluding carboxylic acids is 2. The van der Waals surface area contributed by atoms with E-state index in [1.165, 1.54) is 50.5 Å². The zero-order valence-corrected chi connectivity index (χ0v) is 15.8. The van der Waals surface area contributed by atoms with Crippen molar-refractivity contribution in [1.82, 2.24) is 4.31 Å². The molecule has 0 spiro atoms. The smallest absolute Gasteiger partial charge is 0.338 e. The molecule has 0 aromatic heterocycles. The summed E-state index contributed by atoms with van der Waals surface area (Å²) in [5.74, 6) is -1.97. The molecule has 2 rings (SSSR count). The monoisotopic (exact) mass is 394 g/mol. The van der Waals surface area contributed by atoms with Crippen LogP contribution >= 0.6 is 0 Å². The number of aryl methyl sites for hydroxylation is 1. The molecule has 0 atom stereocenters. The van der Waals surface area contributed by atoms with Gasteiger partial charge in [0.2, 0.25) is 10.0 Å². The van der Waals surface area contributed by atoms with Crippen molar-refractivity contribution in [2.45, 2.75) is 11.8 Å². The van der Waals surface area contributed by atoms with E-state index >= 15 is 0 Å². The summed E-state index contributed by atoms with van der Waals surface area (Å²) in [6.45, 7) is 0.992. The summed E-state index contributed by atoms with van der Waals surface area (Å²) in [6, 6.07) is 9.49. The molecule has 2 aromatic rings. The molecule has 27 heavy (non-hydrogen) atoms. The summed E-state index contributed by atoms with van der Waals surface area (Å²) in [5, 5.41) is 2.41. The zero-order valence-electron chi connectivity index (χ0n) is 15.0. The number of halogens is 1. The van der Waals surface area contributed by atoms with E-state index < -0.39 is 34.3 Å². The lowest BCUT2D eigenvalue weighted by Crippen LogP contribution is -2.23. The number of benzene rings is 2. The molecule has 0 saturated heterocycles. The lowest BCUT2D eigenvalue weighted by Gasteiger charge is -2.12. The Balaban J connectivity index is 2.01. The lowest BCUT2D eigenvalue weighted by atomic mass is 10.2. The van der Waals surface area contributed by atoms with E-state index in [0.29, 0.717) is 5.56 Å². The number of rotatable bonds is 6. The Hall–Kier alpha value is -2.78. The molecule has 0 heterocycles. The van der Waals surface area contributed by atoms with Crippen molar-refractivity contribution in [3.05, 3.63) is 59.4 Å². The first-order valence-electron chi connectivity index (χ1n) is 7.87. The second kappa shape index (κ2) is 8.28. The molecule has 0 radical (unpaired) electrons. The maximum Gasteiger partial charge on any atom is 0.338 e. The van der Waals surface area contributed by atoms with Crippen LogP contribution in [0.4, 0.5) is 10.1 Å². The lowest BCUT2D eigenvalue weighted by molar-refractivity contribution is -0.119. The number of hydrogen-bond donors (Lipinski definition) is 1. The van der Waals surface area contributed by atoms with Crippen LogP contribution in [-0.4, -0.2) is 45.3 Å². The van der Waals surface area contributed by atoms with Gasteiger partial charge in [0, 0.05) is 19.8 Å². The third-order valence-corrected chi connectivity index (χ3v) is 5.45. The molecule has 0 fully saturated rings. The fourth-order valence-electron chi connectivity index (χ4n) is 2.08. The van der Waals surface area contributed by atoms with Crippen LogP contribution in [0.25, 0.3) is 0 Å². The fourth-order valence-corrected chi connectivity index (χ4v) is 3.02. The van der Waals surface area contributed by atoms with Crippen LogP contribution in [-0.2, 0) is 19.6 Å². The van der Waals surface area contributed by atoms with Gasteiger partial charge in [0.25, 0.3) is 5.91 Å². The highest BCUT2D eigenvalue weighted by molar-refractivity contribution is 7.89. The minimum absolute atomic E-state index is 0.00731. The number of nitrogens with one attached hydrogen (secondary N) is 1. The average Bonchev–Trinajstić information content (AvgIpc) is 2.62. The van der Waals surface area contributed by atoms with Gasteiger partial charge in [0.15, 0.2) is 6.61 Å². The van der Waals surface area contributed by atoms with E-state index in [0.717, 1.165) is 10.4 Å². The van der Waals surface area contributed by atoms with Crippen molar-refractivity contribution in [3.63, 3.8) is 0 Å². The molecular formula is C18H19FN2O5S. The second-order valence-corrected chi connectivity index (χ2v) is 8.06. The maximum atomic E-state index is 13.5. The highest BCUT2D eigenvalue weighted by Crippen LogP contribution is 2.16. The molecule has 0 bridgehead atoms. The van der Waals surface area contributed by atoms with Crippen LogP contribution in [0.1, 0.15) is 15.9 Å². The fraction of sp³-hybridized carbons (Fsp3) is 0.222. The van der Waals surface area contributed by atoms with E-state index in [1.54, 1.807) is 6.92 Å². The minimum atomic E-state index is -3.70. The number of carbonyl (C=O) groups is 2. The molecular weight excluding hydrogens is 375 g/mol. The predicted octanol–water partition coefficient (Wildman–Crippen LogP) is 2.18. The summed E-state index contributed by atoms with van der Waals surface area (Å²) >= 11 is 0. The van der Waals surface area contributed by atoms with Crippen molar-refractivity contribution < 1.29 is 27.1 Å². The number of hydrogen-bond acceptors (Lipinski definition) is 5. The van der Waals surface area contributed by atoms with Crippen molar-refractivity contribution in [1.29, 1.82) is 0 Å². The first kappa shape index (κ1) is 20.5. The quantitative estimate of drug-likeness (QED) is 0.758. The second-order valence-electron chi connectivity index (χ2n) is 5.90. The maximum absolute atomic E-state index is 13.5. The van der Waals surface area contributed by atoms with E-state index in [4.69, 9.17) is 4.74 Å². The number of ether oxygens (including phenoxy) is 1. The average molecular weight is 394 g/mol. The first-order chi connectivity index (χ1) is 12.6. The molecule has 144 valence electrons. The van der Waals surface area contributed by atoms with Gasteiger partial charge < -0.3 is 10.1 Å². The van der Waals surface area contributed by atoms with E-state index in [9.17, 15) is 22.4 Å². The first-order valence-corrected chi connectivity index (χ1v) is 9.31. The van der Waals surface area contributed by atoms with Gasteiger partial charge in [-0.15, -0.1) is 0 Å². The zero-order chi connectivity index (χ0) is 20.2. The number of anilines is 1. The Morgan fingerprint density at radius 1 is 1.15 bits per heavy atom. The van der Waals surface area contributed by atoms with Crippen LogP contribution in [0.3, 0.4) is 0 Å². The molecule has 1 amide bonds. The van der Waals surface area contributed by atoms with Crippen molar-refractivity contribution in [3.8, 4) is 0 Å². The minimum Gasteiger partial charge on any atom is -0.452 e. The molecule has 0 unspecified atom stereocenters. The molecule has 2 aromatic carbocycles. The van der Waals surface area contributed by atoms with Crippen LogP contribution in [0.5, 0.6) is 0 Å². The van der Waals surface area contributed by atoms with Crippen LogP contribution in [0.15, 0.2) is 47.4 Å². The van der Waals surface area contributed by atoms with Gasteiger partial charge in [0.1, 0.15) is 5.82 Å². The van der Waals surface area contributed by atoms with Crippen molar-refractivity contribution in [2.24, 2.45) is 0 Å². The van der Waals surface area contributed by atoms with Gasteiger partial charge in [0.05, 0.1) is 10.5 Å². The summed E-state index contributed by atoms with van der Waals surface area (Å²) in [6.07, 6.45) is 0. The molecule has 0 aliphatic carbocycles. The van der Waals surface area contributed by atoms with Gasteiger partial charge in [-0.05, 0) is 42.8 Å². The molecule has 7 nitrogen and oxygen atoms in total. The number of esters is 1. The summed E-state index contributed by atoms with van der Waals surface area (Å²) in [5.41, 5.74) is 0.664. The van der Waals surface area contributed by atoms with Gasteiger partial charge in [-0.3, -0.25) is 4.79 Å². The Labute approximate surface area is 156 Å². The van der Waals surface area contributed by atoms with Gasteiger partial charge in [-0.1, -0.05) is 12.1 Å². The van der Waals surface area contributed by atoms with Gasteiger partial charge in [-0.25, -0.2) is 21.9 Å². The third-order valence-electron chi connectivity index (χ3n) is 3.64. The Bertz CT molecular complexity index is 973. The third kappa shape index (κ3) is 5.11. The van der Waals surface area contributed by atoms with Gasteiger partial charge in [-0.2, -0.15) is 0 Å². The van der Waals surface area contributed by atoms with Crippen molar-refractivity contribution in [2.75, 3.05) is 26.0 Å². The topological polar surface area (TPSA) is 92.8 Å². The summed E-state index contributed by atoms with van der Waals surface area (Å²) in [4.78, 5) is 23.9. The van der Waals surface area contributed by atoms with E-state index in [-0.39, 0.29) is 16.1 Å². The summed E-state index contributed by atoms with van der Waals surface area (Å²) < 4.78 is 43.6. The number of amides is 1. The molecule has 0 aliphatic heterocycles. The SMILES string of the molecule is Cc1ccc(NC(=O)COC(=O)c2cccc(S(=O)(=O)N(C)C)c2)cc1F. The van der Waals surface area contributed by atoms with Crippen LogP contribution in [0.2, 0.25) is 0 Å². The van der Waals surface area contributed by atoms with Gasteiger partial charge >= 0.3 is 5.97 Å². The van der Waals surface area contributed by atoms with E-state index in [2.05, 4.69) is 5.32 Å². The Morgan fingerprint density at radius 2 is 1.85 bits per heavy atom. The number of nitrogens with zero attached hydrogens (tertiary/aromatic N) is 1. The largest absolute Gasteiger partial charge is 0.452 e. The Morgan fingerprint density at radius 3 is 2.48 bits per heavy atom. The normalized spacial score (nSPS) is 11.3. The Kier molecular flexibility index (Phi) is 6.29.